The van der Waals surface area contributed by atoms with Crippen LogP contribution in [0.1, 0.15) is 49.8 Å². The molecule has 3 aromatic rings. The van der Waals surface area contributed by atoms with Crippen molar-refractivity contribution in [3.63, 3.8) is 0 Å². The van der Waals surface area contributed by atoms with Gasteiger partial charge in [-0.15, -0.1) is 0 Å². The topological polar surface area (TPSA) is 68.7 Å². The summed E-state index contributed by atoms with van der Waals surface area (Å²) in [5.74, 6) is 0.0726. The van der Waals surface area contributed by atoms with Crippen molar-refractivity contribution >= 4 is 28.6 Å². The monoisotopic (exact) mass is 451 g/mol. The summed E-state index contributed by atoms with van der Waals surface area (Å²) in [4.78, 5) is 9.93. The second kappa shape index (κ2) is 9.43. The lowest BCUT2D eigenvalue weighted by Crippen LogP contribution is -2.42. The zero-order valence-corrected chi connectivity index (χ0v) is 20.0. The van der Waals surface area contributed by atoms with Gasteiger partial charge < -0.3 is 10.6 Å². The highest BCUT2D eigenvalue weighted by Gasteiger charge is 2.25. The number of amidine groups is 1. The van der Waals surface area contributed by atoms with Crippen molar-refractivity contribution in [3.8, 4) is 0 Å². The van der Waals surface area contributed by atoms with Gasteiger partial charge in [0.15, 0.2) is 0 Å². The SMILES string of the molecule is CC1CCCC(C)N1Cc1ccc(N2CC(c3cccc(C(=N)N)c3)=Nc3ccccc32)cc1. The fraction of sp³-hybridized carbons (Fsp3) is 0.310. The van der Waals surface area contributed by atoms with Gasteiger partial charge in [0.2, 0.25) is 0 Å². The van der Waals surface area contributed by atoms with Crippen LogP contribution in [0.2, 0.25) is 0 Å². The number of fused-ring (bicyclic) bond motifs is 1. The Labute approximate surface area is 202 Å². The fourth-order valence-electron chi connectivity index (χ4n) is 5.23. The lowest BCUT2D eigenvalue weighted by atomic mass is 9.96. The van der Waals surface area contributed by atoms with Crippen LogP contribution in [-0.2, 0) is 6.54 Å². The Bertz CT molecular complexity index is 1200. The number of piperidine rings is 1. The summed E-state index contributed by atoms with van der Waals surface area (Å²) in [6, 6.07) is 26.4. The second-order valence-corrected chi connectivity index (χ2v) is 9.60. The molecular weight excluding hydrogens is 418 g/mol. The van der Waals surface area contributed by atoms with Crippen LogP contribution in [0.4, 0.5) is 17.1 Å². The maximum Gasteiger partial charge on any atom is 0.122 e. The van der Waals surface area contributed by atoms with E-state index in [0.29, 0.717) is 18.6 Å². The Morgan fingerprint density at radius 2 is 1.71 bits per heavy atom. The van der Waals surface area contributed by atoms with Gasteiger partial charge in [0.25, 0.3) is 0 Å². The maximum absolute atomic E-state index is 7.80. The van der Waals surface area contributed by atoms with Gasteiger partial charge in [-0.2, -0.15) is 0 Å². The highest BCUT2D eigenvalue weighted by molar-refractivity contribution is 6.10. The molecule has 0 aromatic heterocycles. The van der Waals surface area contributed by atoms with Gasteiger partial charge in [-0.1, -0.05) is 48.9 Å². The molecule has 0 saturated carbocycles. The Balaban J connectivity index is 1.43. The van der Waals surface area contributed by atoms with Gasteiger partial charge in [-0.05, 0) is 68.1 Å². The molecule has 5 rings (SSSR count). The number of anilines is 2. The summed E-state index contributed by atoms with van der Waals surface area (Å²) in [6.07, 6.45) is 3.92. The minimum Gasteiger partial charge on any atom is -0.384 e. The normalized spacial score (nSPS) is 20.5. The number of nitrogens with one attached hydrogen (secondary N) is 1. The quantitative estimate of drug-likeness (QED) is 0.369. The van der Waals surface area contributed by atoms with Gasteiger partial charge in [0.05, 0.1) is 23.6 Å². The fourth-order valence-corrected chi connectivity index (χ4v) is 5.23. The van der Waals surface area contributed by atoms with Crippen molar-refractivity contribution in [1.82, 2.24) is 4.90 Å². The largest absolute Gasteiger partial charge is 0.384 e. The average molecular weight is 452 g/mol. The Morgan fingerprint density at radius 3 is 2.44 bits per heavy atom. The van der Waals surface area contributed by atoms with Crippen molar-refractivity contribution in [1.29, 1.82) is 5.41 Å². The first kappa shape index (κ1) is 22.4. The Hall–Kier alpha value is -3.44. The van der Waals surface area contributed by atoms with Crippen molar-refractivity contribution in [2.75, 3.05) is 11.4 Å². The zero-order valence-electron chi connectivity index (χ0n) is 20.0. The van der Waals surface area contributed by atoms with Crippen molar-refractivity contribution < 1.29 is 0 Å². The van der Waals surface area contributed by atoms with Crippen molar-refractivity contribution in [2.45, 2.75) is 51.7 Å². The van der Waals surface area contributed by atoms with Crippen LogP contribution in [0.15, 0.2) is 77.8 Å². The van der Waals surface area contributed by atoms with E-state index >= 15 is 0 Å². The molecule has 3 aromatic carbocycles. The molecule has 2 atom stereocenters. The smallest absolute Gasteiger partial charge is 0.122 e. The van der Waals surface area contributed by atoms with Crippen LogP contribution in [0, 0.1) is 5.41 Å². The molecule has 2 aliphatic rings. The van der Waals surface area contributed by atoms with E-state index in [1.807, 2.05) is 30.3 Å². The predicted molar refractivity (Wildman–Crippen MR) is 142 cm³/mol. The van der Waals surface area contributed by atoms with E-state index < -0.39 is 0 Å². The van der Waals surface area contributed by atoms with Gasteiger partial charge >= 0.3 is 0 Å². The number of benzene rings is 3. The first-order valence-corrected chi connectivity index (χ1v) is 12.2. The van der Waals surface area contributed by atoms with E-state index in [9.17, 15) is 0 Å². The van der Waals surface area contributed by atoms with E-state index in [2.05, 4.69) is 66.1 Å². The van der Waals surface area contributed by atoms with Crippen LogP contribution in [-0.4, -0.2) is 35.1 Å². The second-order valence-electron chi connectivity index (χ2n) is 9.60. The average Bonchev–Trinajstić information content (AvgIpc) is 2.86. The zero-order chi connectivity index (χ0) is 23.7. The summed E-state index contributed by atoms with van der Waals surface area (Å²) in [5, 5.41) is 7.80. The number of likely N-dealkylation sites (tertiary alicyclic amines) is 1. The first-order chi connectivity index (χ1) is 16.5. The van der Waals surface area contributed by atoms with Gasteiger partial charge in [-0.3, -0.25) is 10.3 Å². The molecular formula is C29H33N5. The number of nitrogens with zero attached hydrogens (tertiary/aromatic N) is 3. The first-order valence-electron chi connectivity index (χ1n) is 12.2. The van der Waals surface area contributed by atoms with Crippen LogP contribution < -0.4 is 10.6 Å². The summed E-state index contributed by atoms with van der Waals surface area (Å²) in [6.45, 7) is 6.38. The van der Waals surface area contributed by atoms with Crippen LogP contribution in [0.5, 0.6) is 0 Å². The van der Waals surface area contributed by atoms with Crippen LogP contribution in [0.25, 0.3) is 0 Å². The standard InChI is InChI=1S/C29H33N5/c1-20-7-5-8-21(2)33(20)18-22-13-15-25(16-14-22)34-19-27(32-26-11-3-4-12-28(26)34)23-9-6-10-24(17-23)29(30)31/h3-4,6,9-17,20-21H,5,7-8,18-19H2,1-2H3,(H3,30,31). The third-order valence-electron chi connectivity index (χ3n) is 7.23. The molecule has 0 amide bonds. The third-order valence-corrected chi connectivity index (χ3v) is 7.23. The molecule has 5 heteroatoms. The minimum absolute atomic E-state index is 0.0726. The van der Waals surface area contributed by atoms with E-state index in [1.54, 1.807) is 0 Å². The summed E-state index contributed by atoms with van der Waals surface area (Å²) < 4.78 is 0. The number of nitrogens with two attached hydrogens (primary N) is 1. The number of hydrogen-bond acceptors (Lipinski definition) is 4. The van der Waals surface area contributed by atoms with Gasteiger partial charge in [0, 0.05) is 29.9 Å². The molecule has 1 saturated heterocycles. The summed E-state index contributed by atoms with van der Waals surface area (Å²) >= 11 is 0. The van der Waals surface area contributed by atoms with Crippen LogP contribution >= 0.6 is 0 Å². The number of hydrogen-bond donors (Lipinski definition) is 2. The molecule has 5 nitrogen and oxygen atoms in total. The third kappa shape index (κ3) is 4.48. The lowest BCUT2D eigenvalue weighted by Gasteiger charge is -2.39. The predicted octanol–water partition coefficient (Wildman–Crippen LogP) is 6.01. The lowest BCUT2D eigenvalue weighted by molar-refractivity contribution is 0.0953. The van der Waals surface area contributed by atoms with Crippen LogP contribution in [0.3, 0.4) is 0 Å². The summed E-state index contributed by atoms with van der Waals surface area (Å²) in [5.41, 5.74) is 13.0. The molecule has 2 unspecified atom stereocenters. The van der Waals surface area contributed by atoms with Gasteiger partial charge in [0.1, 0.15) is 5.84 Å². The maximum atomic E-state index is 7.80. The molecule has 1 fully saturated rings. The highest BCUT2D eigenvalue weighted by Crippen LogP contribution is 2.38. The molecule has 174 valence electrons. The number of para-hydroxylation sites is 2. The number of aliphatic imine (C=N–C) groups is 1. The molecule has 34 heavy (non-hydrogen) atoms. The van der Waals surface area contributed by atoms with Gasteiger partial charge in [-0.25, -0.2) is 4.99 Å². The molecule has 0 aliphatic carbocycles. The highest BCUT2D eigenvalue weighted by atomic mass is 15.2. The van der Waals surface area contributed by atoms with E-state index in [4.69, 9.17) is 16.1 Å². The molecule has 0 radical (unpaired) electrons. The van der Waals surface area contributed by atoms with E-state index in [1.165, 1.54) is 24.8 Å². The Kier molecular flexibility index (Phi) is 6.20. The van der Waals surface area contributed by atoms with E-state index in [-0.39, 0.29) is 5.84 Å². The molecule has 0 spiro atoms. The van der Waals surface area contributed by atoms with Crippen molar-refractivity contribution in [2.24, 2.45) is 10.7 Å². The number of nitrogen functional groups attached to an aromatic ring is 1. The molecule has 2 heterocycles. The molecule has 0 bridgehead atoms. The summed E-state index contributed by atoms with van der Waals surface area (Å²) in [7, 11) is 0. The Morgan fingerprint density at radius 1 is 0.971 bits per heavy atom. The van der Waals surface area contributed by atoms with Crippen molar-refractivity contribution in [3.05, 3.63) is 89.5 Å². The molecule has 2 aliphatic heterocycles. The number of rotatable bonds is 5. The van der Waals surface area contributed by atoms with E-state index in [0.717, 1.165) is 40.4 Å². The minimum atomic E-state index is 0.0726. The molecule has 3 N–H and O–H groups in total.